The summed E-state index contributed by atoms with van der Waals surface area (Å²) in [5.74, 6) is -0.672. The lowest BCUT2D eigenvalue weighted by Crippen LogP contribution is -2.06. The number of esters is 1. The van der Waals surface area contributed by atoms with Crippen molar-refractivity contribution in [2.75, 3.05) is 12.3 Å². The average Bonchev–Trinajstić information content (AvgIpc) is 2.21. The molecule has 0 aliphatic heterocycles. The van der Waals surface area contributed by atoms with Crippen LogP contribution in [0.1, 0.15) is 17.3 Å². The normalized spacial score (nSPS) is 9.88. The Hall–Kier alpha value is -1.82. The van der Waals surface area contributed by atoms with Gasteiger partial charge in [-0.3, -0.25) is 10.1 Å². The monoisotopic (exact) mass is 244 g/mol. The number of rotatable bonds is 3. The van der Waals surface area contributed by atoms with Crippen LogP contribution in [0.3, 0.4) is 0 Å². The minimum Gasteiger partial charge on any atom is -0.462 e. The third kappa shape index (κ3) is 2.40. The maximum Gasteiger partial charge on any atom is 0.338 e. The van der Waals surface area contributed by atoms with E-state index in [4.69, 9.17) is 22.1 Å². The molecule has 0 radical (unpaired) electrons. The van der Waals surface area contributed by atoms with Crippen LogP contribution in [-0.4, -0.2) is 17.5 Å². The van der Waals surface area contributed by atoms with Gasteiger partial charge in [-0.1, -0.05) is 11.6 Å². The fourth-order valence-electron chi connectivity index (χ4n) is 1.10. The number of nitrogens with zero attached hydrogens (tertiary/aromatic N) is 1. The Morgan fingerprint density at radius 1 is 1.62 bits per heavy atom. The van der Waals surface area contributed by atoms with Crippen LogP contribution < -0.4 is 5.73 Å². The lowest BCUT2D eigenvalue weighted by Gasteiger charge is -2.04. The number of carbonyl (C=O) groups excluding carboxylic acids is 1. The highest BCUT2D eigenvalue weighted by Gasteiger charge is 2.20. The summed E-state index contributed by atoms with van der Waals surface area (Å²) >= 11 is 5.62. The number of nitrogen functional groups attached to an aromatic ring is 1. The van der Waals surface area contributed by atoms with Crippen LogP contribution in [0.2, 0.25) is 5.02 Å². The Morgan fingerprint density at radius 2 is 2.25 bits per heavy atom. The van der Waals surface area contributed by atoms with Crippen molar-refractivity contribution < 1.29 is 14.5 Å². The summed E-state index contributed by atoms with van der Waals surface area (Å²) in [7, 11) is 0. The van der Waals surface area contributed by atoms with Crippen LogP contribution in [0.4, 0.5) is 11.4 Å². The van der Waals surface area contributed by atoms with E-state index in [1.807, 2.05) is 0 Å². The first-order chi connectivity index (χ1) is 7.47. The van der Waals surface area contributed by atoms with E-state index in [9.17, 15) is 14.9 Å². The first-order valence-electron chi connectivity index (χ1n) is 4.38. The summed E-state index contributed by atoms with van der Waals surface area (Å²) in [6.07, 6.45) is 0. The van der Waals surface area contributed by atoms with Gasteiger partial charge in [-0.15, -0.1) is 0 Å². The number of nitro groups is 1. The molecule has 0 heterocycles. The molecule has 0 saturated carbocycles. The van der Waals surface area contributed by atoms with Crippen molar-refractivity contribution in [3.8, 4) is 0 Å². The molecule has 0 atom stereocenters. The third-order valence-electron chi connectivity index (χ3n) is 1.79. The second kappa shape index (κ2) is 4.80. The van der Waals surface area contributed by atoms with E-state index in [1.54, 1.807) is 6.92 Å². The van der Waals surface area contributed by atoms with Gasteiger partial charge in [0.25, 0.3) is 5.69 Å². The van der Waals surface area contributed by atoms with E-state index in [-0.39, 0.29) is 22.9 Å². The predicted molar refractivity (Wildman–Crippen MR) is 58.5 cm³/mol. The number of ether oxygens (including phenoxy) is 1. The van der Waals surface area contributed by atoms with Crippen molar-refractivity contribution in [2.45, 2.75) is 6.92 Å². The Morgan fingerprint density at radius 3 is 2.75 bits per heavy atom. The van der Waals surface area contributed by atoms with Crippen molar-refractivity contribution in [1.82, 2.24) is 0 Å². The topological polar surface area (TPSA) is 95.5 Å². The second-order valence-electron chi connectivity index (χ2n) is 2.88. The number of benzene rings is 1. The van der Waals surface area contributed by atoms with E-state index in [0.29, 0.717) is 0 Å². The van der Waals surface area contributed by atoms with E-state index >= 15 is 0 Å². The van der Waals surface area contributed by atoms with Crippen molar-refractivity contribution in [3.05, 3.63) is 32.8 Å². The van der Waals surface area contributed by atoms with Gasteiger partial charge in [-0.05, 0) is 13.0 Å². The van der Waals surface area contributed by atoms with Crippen LogP contribution in [0.25, 0.3) is 0 Å². The molecular formula is C9H9ClN2O4. The molecule has 6 nitrogen and oxygen atoms in total. The molecule has 2 N–H and O–H groups in total. The Labute approximate surface area is 96.1 Å². The van der Waals surface area contributed by atoms with Crippen LogP contribution in [-0.2, 0) is 4.74 Å². The molecule has 0 aromatic heterocycles. The number of hydrogen-bond acceptors (Lipinski definition) is 5. The van der Waals surface area contributed by atoms with Gasteiger partial charge in [0.1, 0.15) is 5.02 Å². The third-order valence-corrected chi connectivity index (χ3v) is 2.20. The molecule has 0 aliphatic carbocycles. The minimum absolute atomic E-state index is 0.00968. The van der Waals surface area contributed by atoms with E-state index in [2.05, 4.69) is 0 Å². The van der Waals surface area contributed by atoms with E-state index in [1.165, 1.54) is 6.07 Å². The summed E-state index contributed by atoms with van der Waals surface area (Å²) in [4.78, 5) is 21.3. The first-order valence-corrected chi connectivity index (χ1v) is 4.75. The molecule has 0 amide bonds. The SMILES string of the molecule is CCOC(=O)c1cc(N)c(Cl)c([N+](=O)[O-])c1. The largest absolute Gasteiger partial charge is 0.462 e. The van der Waals surface area contributed by atoms with Crippen molar-refractivity contribution >= 4 is 28.9 Å². The van der Waals surface area contributed by atoms with Gasteiger partial charge in [0.15, 0.2) is 0 Å². The van der Waals surface area contributed by atoms with Gasteiger partial charge < -0.3 is 10.5 Å². The molecule has 0 fully saturated rings. The Kier molecular flexibility index (Phi) is 3.68. The van der Waals surface area contributed by atoms with Crippen LogP contribution in [0, 0.1) is 10.1 Å². The quantitative estimate of drug-likeness (QED) is 0.380. The molecule has 0 bridgehead atoms. The fourth-order valence-corrected chi connectivity index (χ4v) is 1.27. The highest BCUT2D eigenvalue weighted by atomic mass is 35.5. The van der Waals surface area contributed by atoms with Crippen LogP contribution in [0.5, 0.6) is 0 Å². The molecule has 0 unspecified atom stereocenters. The van der Waals surface area contributed by atoms with Gasteiger partial charge in [0.2, 0.25) is 0 Å². The molecule has 16 heavy (non-hydrogen) atoms. The van der Waals surface area contributed by atoms with Crippen LogP contribution in [0.15, 0.2) is 12.1 Å². The molecule has 0 spiro atoms. The number of carbonyl (C=O) groups is 1. The number of hydrogen-bond donors (Lipinski definition) is 1. The summed E-state index contributed by atoms with van der Waals surface area (Å²) in [5, 5.41) is 10.4. The standard InChI is InChI=1S/C9H9ClN2O4/c1-2-16-9(13)5-3-6(11)8(10)7(4-5)12(14)15/h3-4H,2,11H2,1H3. The average molecular weight is 245 g/mol. The lowest BCUT2D eigenvalue weighted by atomic mass is 10.2. The van der Waals surface area contributed by atoms with Crippen molar-refractivity contribution in [3.63, 3.8) is 0 Å². The number of nitrogens with two attached hydrogens (primary N) is 1. The predicted octanol–water partition coefficient (Wildman–Crippen LogP) is 2.01. The summed E-state index contributed by atoms with van der Waals surface area (Å²) in [6.45, 7) is 1.81. The smallest absolute Gasteiger partial charge is 0.338 e. The maximum atomic E-state index is 11.3. The summed E-state index contributed by atoms with van der Waals surface area (Å²) in [5.41, 5.74) is 5.02. The molecule has 1 rings (SSSR count). The lowest BCUT2D eigenvalue weighted by molar-refractivity contribution is -0.384. The highest BCUT2D eigenvalue weighted by molar-refractivity contribution is 6.35. The maximum absolute atomic E-state index is 11.3. The molecule has 0 saturated heterocycles. The molecule has 86 valence electrons. The zero-order valence-electron chi connectivity index (χ0n) is 8.40. The molecule has 7 heteroatoms. The van der Waals surface area contributed by atoms with E-state index < -0.39 is 16.6 Å². The molecule has 1 aromatic rings. The number of nitro benzene ring substituents is 1. The van der Waals surface area contributed by atoms with Gasteiger partial charge in [0.05, 0.1) is 22.8 Å². The molecular weight excluding hydrogens is 236 g/mol. The van der Waals surface area contributed by atoms with Gasteiger partial charge >= 0.3 is 5.97 Å². The van der Waals surface area contributed by atoms with Gasteiger partial charge in [-0.2, -0.15) is 0 Å². The fraction of sp³-hybridized carbons (Fsp3) is 0.222. The summed E-state index contributed by atoms with van der Waals surface area (Å²) < 4.78 is 4.70. The molecule has 1 aromatic carbocycles. The first kappa shape index (κ1) is 12.3. The van der Waals surface area contributed by atoms with Crippen molar-refractivity contribution in [2.24, 2.45) is 0 Å². The Bertz CT molecular complexity index is 447. The van der Waals surface area contributed by atoms with Gasteiger partial charge in [-0.25, -0.2) is 4.79 Å². The van der Waals surface area contributed by atoms with Gasteiger partial charge in [0, 0.05) is 6.07 Å². The minimum atomic E-state index is -0.707. The second-order valence-corrected chi connectivity index (χ2v) is 3.25. The van der Waals surface area contributed by atoms with E-state index in [0.717, 1.165) is 6.07 Å². The Balaban J connectivity index is 3.24. The summed E-state index contributed by atoms with van der Waals surface area (Å²) in [6, 6.07) is 2.28. The number of halogens is 1. The van der Waals surface area contributed by atoms with Crippen molar-refractivity contribution in [1.29, 1.82) is 0 Å². The zero-order chi connectivity index (χ0) is 12.3. The zero-order valence-corrected chi connectivity index (χ0v) is 9.15. The van der Waals surface area contributed by atoms with Crippen LogP contribution >= 0.6 is 11.6 Å². The molecule has 0 aliphatic rings. The number of anilines is 1. The highest BCUT2D eigenvalue weighted by Crippen LogP contribution is 2.31.